The summed E-state index contributed by atoms with van der Waals surface area (Å²) in [6, 6.07) is 18.7. The second kappa shape index (κ2) is 6.49. The summed E-state index contributed by atoms with van der Waals surface area (Å²) in [6.07, 6.45) is 1.66. The van der Waals surface area contributed by atoms with Gasteiger partial charge in [-0.15, -0.1) is 0 Å². The molecule has 0 aliphatic heterocycles. The third kappa shape index (κ3) is 3.01. The van der Waals surface area contributed by atoms with Gasteiger partial charge >= 0.3 is 5.97 Å². The summed E-state index contributed by atoms with van der Waals surface area (Å²) < 4.78 is 11.1. The largest absolute Gasteiger partial charge is 0.435 e. The van der Waals surface area contributed by atoms with Crippen LogP contribution >= 0.6 is 0 Å². The predicted molar refractivity (Wildman–Crippen MR) is 93.4 cm³/mol. The van der Waals surface area contributed by atoms with E-state index in [0.29, 0.717) is 39.6 Å². The molecule has 0 saturated carbocycles. The number of fused-ring (bicyclic) bond motifs is 1. The van der Waals surface area contributed by atoms with Gasteiger partial charge in [-0.25, -0.2) is 9.78 Å². The van der Waals surface area contributed by atoms with Gasteiger partial charge in [0.15, 0.2) is 5.58 Å². The number of aromatic nitrogens is 2. The third-order valence-electron chi connectivity index (χ3n) is 3.68. The van der Waals surface area contributed by atoms with Gasteiger partial charge in [-0.3, -0.25) is 4.98 Å². The molecular formula is C20H11N3O3. The molecular weight excluding hydrogens is 330 g/mol. The highest BCUT2D eigenvalue weighted by Gasteiger charge is 2.13. The number of hydrogen-bond donors (Lipinski definition) is 0. The third-order valence-corrected chi connectivity index (χ3v) is 3.68. The van der Waals surface area contributed by atoms with Crippen LogP contribution in [0.1, 0.15) is 15.9 Å². The van der Waals surface area contributed by atoms with E-state index in [1.165, 1.54) is 6.07 Å². The molecule has 0 radical (unpaired) electrons. The molecule has 2 aromatic heterocycles. The molecule has 0 aliphatic rings. The number of carbonyl (C=O) groups is 1. The van der Waals surface area contributed by atoms with Crippen LogP contribution in [-0.2, 0) is 0 Å². The number of hydrogen-bond acceptors (Lipinski definition) is 6. The van der Waals surface area contributed by atoms with Gasteiger partial charge in [0.05, 0.1) is 17.2 Å². The average molecular weight is 341 g/mol. The number of esters is 1. The fourth-order valence-corrected chi connectivity index (χ4v) is 2.45. The maximum Gasteiger partial charge on any atom is 0.343 e. The number of nitrogens with zero attached hydrogens (tertiary/aromatic N) is 3. The van der Waals surface area contributed by atoms with Gasteiger partial charge in [0.1, 0.15) is 17.0 Å². The lowest BCUT2D eigenvalue weighted by Crippen LogP contribution is -2.08. The van der Waals surface area contributed by atoms with Gasteiger partial charge in [0, 0.05) is 12.3 Å². The van der Waals surface area contributed by atoms with Crippen molar-refractivity contribution in [2.75, 3.05) is 0 Å². The topological polar surface area (TPSA) is 89.0 Å². The second-order valence-electron chi connectivity index (χ2n) is 5.45. The Morgan fingerprint density at radius 2 is 2.00 bits per heavy atom. The Morgan fingerprint density at radius 1 is 1.08 bits per heavy atom. The van der Waals surface area contributed by atoms with Gasteiger partial charge in [-0.05, 0) is 42.5 Å². The lowest BCUT2D eigenvalue weighted by molar-refractivity contribution is 0.0735. The van der Waals surface area contributed by atoms with Gasteiger partial charge in [-0.1, -0.05) is 12.1 Å². The fraction of sp³-hybridized carbons (Fsp3) is 0. The van der Waals surface area contributed by atoms with E-state index >= 15 is 0 Å². The molecule has 2 heterocycles. The summed E-state index contributed by atoms with van der Waals surface area (Å²) in [5.41, 5.74) is 2.44. The van der Waals surface area contributed by atoms with Gasteiger partial charge in [0.25, 0.3) is 0 Å². The van der Waals surface area contributed by atoms with Crippen molar-refractivity contribution in [2.45, 2.75) is 0 Å². The Balaban J connectivity index is 1.61. The summed E-state index contributed by atoms with van der Waals surface area (Å²) in [5, 5.41) is 8.92. The molecule has 6 heteroatoms. The zero-order valence-electron chi connectivity index (χ0n) is 13.4. The predicted octanol–water partition coefficient (Wildman–Crippen LogP) is 3.98. The van der Waals surface area contributed by atoms with E-state index < -0.39 is 5.97 Å². The fourth-order valence-electron chi connectivity index (χ4n) is 2.45. The van der Waals surface area contributed by atoms with E-state index in [9.17, 15) is 4.79 Å². The van der Waals surface area contributed by atoms with Gasteiger partial charge in [0.2, 0.25) is 5.89 Å². The van der Waals surface area contributed by atoms with Crippen molar-refractivity contribution in [1.29, 1.82) is 5.26 Å². The number of carbonyl (C=O) groups excluding carboxylic acids is 1. The molecule has 0 fully saturated rings. The lowest BCUT2D eigenvalue weighted by atomic mass is 10.1. The molecule has 4 aromatic rings. The first kappa shape index (κ1) is 15.5. The van der Waals surface area contributed by atoms with Crippen molar-refractivity contribution in [2.24, 2.45) is 0 Å². The normalized spacial score (nSPS) is 10.4. The Hall–Kier alpha value is -3.98. The molecule has 4 rings (SSSR count). The number of benzene rings is 2. The minimum atomic E-state index is -0.550. The minimum Gasteiger partial charge on any atom is -0.435 e. The summed E-state index contributed by atoms with van der Waals surface area (Å²) in [6.45, 7) is 0. The van der Waals surface area contributed by atoms with Crippen molar-refractivity contribution in [1.82, 2.24) is 9.97 Å². The number of rotatable bonds is 3. The number of pyridine rings is 1. The molecule has 26 heavy (non-hydrogen) atoms. The molecule has 0 saturated heterocycles. The first-order valence-electron chi connectivity index (χ1n) is 7.77. The van der Waals surface area contributed by atoms with Crippen LogP contribution in [0.4, 0.5) is 0 Å². The highest BCUT2D eigenvalue weighted by atomic mass is 16.5. The second-order valence-corrected chi connectivity index (χ2v) is 5.45. The Morgan fingerprint density at radius 3 is 2.81 bits per heavy atom. The first-order valence-corrected chi connectivity index (χ1v) is 7.77. The monoisotopic (exact) mass is 341 g/mol. The van der Waals surface area contributed by atoms with Crippen molar-refractivity contribution in [3.63, 3.8) is 0 Å². The molecule has 2 aromatic carbocycles. The van der Waals surface area contributed by atoms with Crippen LogP contribution in [0.3, 0.4) is 0 Å². The summed E-state index contributed by atoms with van der Waals surface area (Å²) >= 11 is 0. The molecule has 0 atom stereocenters. The first-order chi connectivity index (χ1) is 12.7. The highest BCUT2D eigenvalue weighted by Crippen LogP contribution is 2.26. The number of oxazole rings is 1. The molecule has 6 nitrogen and oxygen atoms in total. The minimum absolute atomic E-state index is 0.302. The molecule has 0 N–H and O–H groups in total. The molecule has 0 spiro atoms. The van der Waals surface area contributed by atoms with Crippen molar-refractivity contribution in [3.05, 3.63) is 78.0 Å². The highest BCUT2D eigenvalue weighted by molar-refractivity contribution is 5.92. The van der Waals surface area contributed by atoms with Crippen LogP contribution in [0.5, 0.6) is 5.75 Å². The summed E-state index contributed by atoms with van der Waals surface area (Å²) in [5.74, 6) is 0.172. The van der Waals surface area contributed by atoms with Crippen LogP contribution in [0.25, 0.3) is 22.7 Å². The molecule has 0 bridgehead atoms. The van der Waals surface area contributed by atoms with Gasteiger partial charge in [-0.2, -0.15) is 5.26 Å². The van der Waals surface area contributed by atoms with E-state index in [1.54, 1.807) is 48.7 Å². The average Bonchev–Trinajstić information content (AvgIpc) is 3.12. The van der Waals surface area contributed by atoms with E-state index in [0.717, 1.165) is 0 Å². The van der Waals surface area contributed by atoms with Crippen molar-refractivity contribution >= 4 is 17.1 Å². The van der Waals surface area contributed by atoms with Crippen LogP contribution in [0.15, 0.2) is 71.3 Å². The van der Waals surface area contributed by atoms with E-state index in [4.69, 9.17) is 14.4 Å². The molecule has 0 aliphatic carbocycles. The van der Waals surface area contributed by atoms with Crippen LogP contribution in [0.2, 0.25) is 0 Å². The number of nitriles is 1. The zero-order chi connectivity index (χ0) is 17.9. The van der Waals surface area contributed by atoms with E-state index in [-0.39, 0.29) is 0 Å². The summed E-state index contributed by atoms with van der Waals surface area (Å²) in [7, 11) is 0. The van der Waals surface area contributed by atoms with Crippen LogP contribution in [-0.4, -0.2) is 15.9 Å². The lowest BCUT2D eigenvalue weighted by Gasteiger charge is -2.04. The quantitative estimate of drug-likeness (QED) is 0.413. The Kier molecular flexibility index (Phi) is 3.88. The van der Waals surface area contributed by atoms with Crippen LogP contribution < -0.4 is 4.74 Å². The number of ether oxygens (including phenoxy) is 1. The molecule has 124 valence electrons. The van der Waals surface area contributed by atoms with Gasteiger partial charge < -0.3 is 9.15 Å². The van der Waals surface area contributed by atoms with Crippen molar-refractivity contribution in [3.8, 4) is 23.4 Å². The van der Waals surface area contributed by atoms with E-state index in [1.807, 2.05) is 18.2 Å². The SMILES string of the molecule is N#Cc1cccc(C(=O)Oc2ccc3nc(-c4ccccn4)oc3c2)c1. The maximum absolute atomic E-state index is 12.3. The Bertz CT molecular complexity index is 1140. The standard InChI is InChI=1S/C20H11N3O3/c21-12-13-4-3-5-14(10-13)20(24)25-15-7-8-16-18(11-15)26-19(23-16)17-6-1-2-9-22-17/h1-11H. The maximum atomic E-state index is 12.3. The zero-order valence-corrected chi connectivity index (χ0v) is 13.4. The summed E-state index contributed by atoms with van der Waals surface area (Å²) in [4.78, 5) is 20.8. The molecule has 0 amide bonds. The van der Waals surface area contributed by atoms with Crippen LogP contribution in [0, 0.1) is 11.3 Å². The van der Waals surface area contributed by atoms with E-state index in [2.05, 4.69) is 9.97 Å². The van der Waals surface area contributed by atoms with Crippen molar-refractivity contribution < 1.29 is 13.9 Å². The Labute approximate surface area is 148 Å². The molecule has 0 unspecified atom stereocenters. The smallest absolute Gasteiger partial charge is 0.343 e.